The predicted molar refractivity (Wildman–Crippen MR) is 121 cm³/mol. The fraction of sp³-hybridized carbons (Fsp3) is 0.208. The standard InChI is InChI=1S/C24H23ClN4O2/c25-22-20(12-7-13-26-22)27-23(30)24(31)29-16-14-28(15-17-29)21(18-8-3-1-4-9-18)19-10-5-2-6-11-19/h1-13,21H,14-17H2,(H,27,30). The average molecular weight is 435 g/mol. The molecule has 0 spiro atoms. The van der Waals surface area contributed by atoms with Crippen molar-refractivity contribution in [1.29, 1.82) is 0 Å². The summed E-state index contributed by atoms with van der Waals surface area (Å²) in [6.45, 7) is 2.29. The molecule has 31 heavy (non-hydrogen) atoms. The monoisotopic (exact) mass is 434 g/mol. The molecular formula is C24H23ClN4O2. The molecule has 1 aliphatic rings. The van der Waals surface area contributed by atoms with Crippen molar-refractivity contribution in [3.8, 4) is 0 Å². The first-order chi connectivity index (χ1) is 15.1. The van der Waals surface area contributed by atoms with E-state index < -0.39 is 11.8 Å². The Balaban J connectivity index is 1.43. The highest BCUT2D eigenvalue weighted by Gasteiger charge is 2.30. The maximum Gasteiger partial charge on any atom is 0.313 e. The summed E-state index contributed by atoms with van der Waals surface area (Å²) in [5.41, 5.74) is 2.74. The van der Waals surface area contributed by atoms with Gasteiger partial charge in [-0.2, -0.15) is 0 Å². The molecule has 0 atom stereocenters. The molecule has 7 heteroatoms. The Morgan fingerprint density at radius 1 is 0.839 bits per heavy atom. The molecular weight excluding hydrogens is 412 g/mol. The van der Waals surface area contributed by atoms with Gasteiger partial charge in [0.25, 0.3) is 0 Å². The lowest BCUT2D eigenvalue weighted by atomic mass is 9.96. The van der Waals surface area contributed by atoms with Crippen LogP contribution in [0.4, 0.5) is 5.69 Å². The largest absolute Gasteiger partial charge is 0.332 e. The summed E-state index contributed by atoms with van der Waals surface area (Å²) in [5, 5.41) is 2.71. The first-order valence-corrected chi connectivity index (χ1v) is 10.6. The van der Waals surface area contributed by atoms with E-state index in [1.807, 2.05) is 36.4 Å². The Morgan fingerprint density at radius 3 is 1.97 bits per heavy atom. The van der Waals surface area contributed by atoms with Crippen LogP contribution in [0.5, 0.6) is 0 Å². The maximum atomic E-state index is 12.7. The van der Waals surface area contributed by atoms with E-state index in [1.54, 1.807) is 17.0 Å². The van der Waals surface area contributed by atoms with Gasteiger partial charge in [0.2, 0.25) is 0 Å². The number of amides is 2. The van der Waals surface area contributed by atoms with Gasteiger partial charge in [-0.25, -0.2) is 4.98 Å². The first kappa shape index (κ1) is 21.0. The van der Waals surface area contributed by atoms with E-state index in [-0.39, 0.29) is 11.2 Å². The van der Waals surface area contributed by atoms with Crippen molar-refractivity contribution < 1.29 is 9.59 Å². The number of nitrogens with one attached hydrogen (secondary N) is 1. The molecule has 0 aliphatic carbocycles. The summed E-state index contributed by atoms with van der Waals surface area (Å²) >= 11 is 5.97. The summed E-state index contributed by atoms with van der Waals surface area (Å²) < 4.78 is 0. The Hall–Kier alpha value is -3.22. The van der Waals surface area contributed by atoms with Gasteiger partial charge in [-0.05, 0) is 23.3 Å². The zero-order chi connectivity index (χ0) is 21.6. The second-order valence-corrected chi connectivity index (χ2v) is 7.71. The SMILES string of the molecule is O=C(Nc1cccnc1Cl)C(=O)N1CCN(C(c2ccccc2)c2ccccc2)CC1. The van der Waals surface area contributed by atoms with Crippen LogP contribution in [-0.2, 0) is 9.59 Å². The number of hydrogen-bond donors (Lipinski definition) is 1. The molecule has 0 bridgehead atoms. The second kappa shape index (κ2) is 9.73. The van der Waals surface area contributed by atoms with Crippen molar-refractivity contribution in [3.63, 3.8) is 0 Å². The lowest BCUT2D eigenvalue weighted by Crippen LogP contribution is -2.52. The highest BCUT2D eigenvalue weighted by molar-refractivity contribution is 6.41. The van der Waals surface area contributed by atoms with Gasteiger partial charge in [0.15, 0.2) is 5.15 Å². The van der Waals surface area contributed by atoms with Gasteiger partial charge in [0, 0.05) is 32.4 Å². The van der Waals surface area contributed by atoms with Crippen LogP contribution in [0.15, 0.2) is 79.0 Å². The molecule has 1 N–H and O–H groups in total. The van der Waals surface area contributed by atoms with Crippen molar-refractivity contribution in [2.24, 2.45) is 0 Å². The third-order valence-electron chi connectivity index (χ3n) is 5.40. The van der Waals surface area contributed by atoms with Crippen LogP contribution >= 0.6 is 11.6 Å². The van der Waals surface area contributed by atoms with Crippen LogP contribution in [0.2, 0.25) is 5.15 Å². The molecule has 3 aromatic rings. The van der Waals surface area contributed by atoms with Gasteiger partial charge in [0.1, 0.15) is 0 Å². The Labute approximate surface area is 186 Å². The summed E-state index contributed by atoms with van der Waals surface area (Å²) in [4.78, 5) is 32.9. The molecule has 2 amide bonds. The summed E-state index contributed by atoms with van der Waals surface area (Å²) in [6, 6.07) is 24.0. The lowest BCUT2D eigenvalue weighted by Gasteiger charge is -2.39. The average Bonchev–Trinajstić information content (AvgIpc) is 2.82. The molecule has 4 rings (SSSR count). The van der Waals surface area contributed by atoms with E-state index in [9.17, 15) is 9.59 Å². The number of pyridine rings is 1. The third kappa shape index (κ3) is 4.93. The minimum absolute atomic E-state index is 0.0997. The lowest BCUT2D eigenvalue weighted by molar-refractivity contribution is -0.144. The van der Waals surface area contributed by atoms with Crippen LogP contribution in [0, 0.1) is 0 Å². The number of piperazine rings is 1. The van der Waals surface area contributed by atoms with Crippen molar-refractivity contribution in [1.82, 2.24) is 14.8 Å². The highest BCUT2D eigenvalue weighted by Crippen LogP contribution is 2.29. The van der Waals surface area contributed by atoms with Crippen molar-refractivity contribution in [2.45, 2.75) is 6.04 Å². The fourth-order valence-electron chi connectivity index (χ4n) is 3.87. The van der Waals surface area contributed by atoms with E-state index in [0.29, 0.717) is 31.9 Å². The highest BCUT2D eigenvalue weighted by atomic mass is 35.5. The normalized spacial score (nSPS) is 14.5. The molecule has 1 saturated heterocycles. The first-order valence-electron chi connectivity index (χ1n) is 10.2. The number of nitrogens with zero attached hydrogens (tertiary/aromatic N) is 3. The van der Waals surface area contributed by atoms with E-state index in [4.69, 9.17) is 11.6 Å². The summed E-state index contributed by atoms with van der Waals surface area (Å²) in [7, 11) is 0. The maximum absolute atomic E-state index is 12.7. The number of carbonyl (C=O) groups is 2. The number of halogens is 1. The number of benzene rings is 2. The number of anilines is 1. The predicted octanol–water partition coefficient (Wildman–Crippen LogP) is 3.61. The smallest absolute Gasteiger partial charge is 0.313 e. The number of rotatable bonds is 4. The minimum Gasteiger partial charge on any atom is -0.332 e. The van der Waals surface area contributed by atoms with Crippen molar-refractivity contribution in [3.05, 3.63) is 95.3 Å². The summed E-state index contributed by atoms with van der Waals surface area (Å²) in [5.74, 6) is -1.26. The van der Waals surface area contributed by atoms with Crippen LogP contribution in [-0.4, -0.2) is 52.8 Å². The molecule has 1 aliphatic heterocycles. The second-order valence-electron chi connectivity index (χ2n) is 7.35. The Kier molecular flexibility index (Phi) is 6.60. The Bertz CT molecular complexity index is 998. The summed E-state index contributed by atoms with van der Waals surface area (Å²) in [6.07, 6.45) is 1.52. The zero-order valence-electron chi connectivity index (χ0n) is 16.9. The van der Waals surface area contributed by atoms with E-state index in [1.165, 1.54) is 17.3 Å². The minimum atomic E-state index is -0.703. The number of aromatic nitrogens is 1. The fourth-order valence-corrected chi connectivity index (χ4v) is 4.03. The van der Waals surface area contributed by atoms with Crippen molar-refractivity contribution >= 4 is 29.1 Å². The molecule has 1 aromatic heterocycles. The van der Waals surface area contributed by atoms with Crippen LogP contribution in [0.25, 0.3) is 0 Å². The van der Waals surface area contributed by atoms with Gasteiger partial charge in [-0.3, -0.25) is 14.5 Å². The van der Waals surface area contributed by atoms with E-state index in [0.717, 1.165) is 0 Å². The van der Waals surface area contributed by atoms with E-state index in [2.05, 4.69) is 39.5 Å². The molecule has 2 aromatic carbocycles. The third-order valence-corrected chi connectivity index (χ3v) is 5.70. The Morgan fingerprint density at radius 2 is 1.42 bits per heavy atom. The van der Waals surface area contributed by atoms with Gasteiger partial charge in [-0.1, -0.05) is 72.3 Å². The van der Waals surface area contributed by atoms with Crippen LogP contribution in [0.3, 0.4) is 0 Å². The van der Waals surface area contributed by atoms with Gasteiger partial charge < -0.3 is 10.2 Å². The van der Waals surface area contributed by atoms with Crippen molar-refractivity contribution in [2.75, 3.05) is 31.5 Å². The van der Waals surface area contributed by atoms with Gasteiger partial charge in [-0.15, -0.1) is 0 Å². The molecule has 0 unspecified atom stereocenters. The molecule has 1 fully saturated rings. The molecule has 0 radical (unpaired) electrons. The van der Waals surface area contributed by atoms with Crippen LogP contribution in [0.1, 0.15) is 17.2 Å². The van der Waals surface area contributed by atoms with E-state index >= 15 is 0 Å². The quantitative estimate of drug-likeness (QED) is 0.503. The van der Waals surface area contributed by atoms with Gasteiger partial charge >= 0.3 is 11.8 Å². The zero-order valence-corrected chi connectivity index (χ0v) is 17.7. The molecule has 0 saturated carbocycles. The molecule has 2 heterocycles. The topological polar surface area (TPSA) is 65.5 Å². The van der Waals surface area contributed by atoms with Gasteiger partial charge in [0.05, 0.1) is 11.7 Å². The molecule has 158 valence electrons. The number of hydrogen-bond acceptors (Lipinski definition) is 4. The molecule has 6 nitrogen and oxygen atoms in total. The number of carbonyl (C=O) groups excluding carboxylic acids is 2. The van der Waals surface area contributed by atoms with Crippen LogP contribution < -0.4 is 5.32 Å².